The van der Waals surface area contributed by atoms with Crippen molar-refractivity contribution in [2.75, 3.05) is 20.2 Å². The minimum Gasteiger partial charge on any atom is -0.506 e. The lowest BCUT2D eigenvalue weighted by atomic mass is 9.73. The summed E-state index contributed by atoms with van der Waals surface area (Å²) >= 11 is 0. The number of aromatic hydroxyl groups is 1. The molecule has 5 unspecified atom stereocenters. The number of methoxy groups -OCH3 is 1. The number of hydrogen-bond acceptors (Lipinski definition) is 5. The predicted octanol–water partition coefficient (Wildman–Crippen LogP) is 2.88. The summed E-state index contributed by atoms with van der Waals surface area (Å²) in [7, 11) is 1.61. The van der Waals surface area contributed by atoms with Gasteiger partial charge in [0.05, 0.1) is 24.9 Å². The Hall–Kier alpha value is -2.11. The molecule has 5 heteroatoms. The zero-order chi connectivity index (χ0) is 17.6. The van der Waals surface area contributed by atoms with Crippen LogP contribution in [-0.2, 0) is 0 Å². The van der Waals surface area contributed by atoms with E-state index in [9.17, 15) is 10.2 Å². The summed E-state index contributed by atoms with van der Waals surface area (Å²) in [6, 6.07) is 5.54. The predicted molar refractivity (Wildman–Crippen MR) is 96.7 cm³/mol. The van der Waals surface area contributed by atoms with Gasteiger partial charge in [-0.1, -0.05) is 6.08 Å². The Morgan fingerprint density at radius 3 is 2.96 bits per heavy atom. The second-order valence-corrected chi connectivity index (χ2v) is 7.13. The molecule has 5 nitrogen and oxygen atoms in total. The molecule has 0 spiro atoms. The summed E-state index contributed by atoms with van der Waals surface area (Å²) in [6.45, 7) is 5.88. The number of pyridine rings is 1. The number of rotatable bonds is 4. The largest absolute Gasteiger partial charge is 0.506 e. The summed E-state index contributed by atoms with van der Waals surface area (Å²) in [5.74, 6) is 1.79. The van der Waals surface area contributed by atoms with E-state index in [2.05, 4.69) is 16.5 Å². The van der Waals surface area contributed by atoms with Gasteiger partial charge < -0.3 is 14.9 Å². The highest BCUT2D eigenvalue weighted by atomic mass is 16.5. The molecule has 2 bridgehead atoms. The van der Waals surface area contributed by atoms with Crippen molar-refractivity contribution < 1.29 is 14.9 Å². The second kappa shape index (κ2) is 6.32. The number of aliphatic hydroxyl groups excluding tert-OH is 1. The topological polar surface area (TPSA) is 65.8 Å². The molecule has 132 valence electrons. The van der Waals surface area contributed by atoms with E-state index in [1.165, 1.54) is 6.20 Å². The van der Waals surface area contributed by atoms with Gasteiger partial charge in [-0.25, -0.2) is 0 Å². The zero-order valence-corrected chi connectivity index (χ0v) is 14.4. The van der Waals surface area contributed by atoms with Crippen LogP contribution in [0.15, 0.2) is 37.1 Å². The van der Waals surface area contributed by atoms with Crippen LogP contribution in [-0.4, -0.2) is 46.3 Å². The van der Waals surface area contributed by atoms with Gasteiger partial charge in [0.25, 0.3) is 0 Å². The van der Waals surface area contributed by atoms with Crippen molar-refractivity contribution in [1.82, 2.24) is 9.88 Å². The van der Waals surface area contributed by atoms with Gasteiger partial charge in [-0.2, -0.15) is 0 Å². The number of piperidine rings is 3. The molecule has 0 amide bonds. The molecule has 3 fully saturated rings. The Bertz CT molecular complexity index is 807. The molecule has 4 heterocycles. The van der Waals surface area contributed by atoms with Gasteiger partial charge >= 0.3 is 0 Å². The lowest BCUT2D eigenvalue weighted by Gasteiger charge is -2.50. The van der Waals surface area contributed by atoms with E-state index in [0.29, 0.717) is 23.1 Å². The first-order valence-electron chi connectivity index (χ1n) is 8.82. The Kier molecular flexibility index (Phi) is 4.13. The van der Waals surface area contributed by atoms with E-state index < -0.39 is 6.10 Å². The molecule has 3 aliphatic rings. The number of fused-ring (bicyclic) bond motifs is 4. The maximum atomic E-state index is 11.2. The highest BCUT2D eigenvalue weighted by Gasteiger charge is 2.42. The molecule has 0 saturated carbocycles. The van der Waals surface area contributed by atoms with Crippen molar-refractivity contribution in [1.29, 1.82) is 0 Å². The zero-order valence-electron chi connectivity index (χ0n) is 14.4. The summed E-state index contributed by atoms with van der Waals surface area (Å²) in [6.07, 6.45) is 4.79. The van der Waals surface area contributed by atoms with Gasteiger partial charge in [-0.05, 0) is 49.4 Å². The van der Waals surface area contributed by atoms with Crippen LogP contribution >= 0.6 is 0 Å². The fourth-order valence-corrected chi connectivity index (χ4v) is 4.52. The molecule has 3 saturated heterocycles. The van der Waals surface area contributed by atoms with E-state index >= 15 is 0 Å². The maximum Gasteiger partial charge on any atom is 0.140 e. The lowest BCUT2D eigenvalue weighted by molar-refractivity contribution is -0.0450. The lowest BCUT2D eigenvalue weighted by Crippen LogP contribution is -2.54. The second-order valence-electron chi connectivity index (χ2n) is 7.13. The third kappa shape index (κ3) is 2.68. The number of nitrogens with zero attached hydrogens (tertiary/aromatic N) is 2. The van der Waals surface area contributed by atoms with Crippen molar-refractivity contribution >= 4 is 10.9 Å². The number of benzene rings is 1. The standard InChI is InChI=1S/C20H24N2O3/c1-3-12-11-22-7-6-13(12)8-17(22)20(24)19-15-9-14(25-2)4-5-16(15)21-10-18(19)23/h3-5,9-10,12-13,17,20,23-24H,1,6-8,11H2,2H3. The van der Waals surface area contributed by atoms with Crippen molar-refractivity contribution in [2.45, 2.75) is 25.0 Å². The summed E-state index contributed by atoms with van der Waals surface area (Å²) in [5.41, 5.74) is 1.30. The molecule has 5 atom stereocenters. The Balaban J connectivity index is 1.74. The van der Waals surface area contributed by atoms with Gasteiger partial charge in [0.1, 0.15) is 11.5 Å². The number of hydrogen-bond donors (Lipinski definition) is 2. The minimum absolute atomic E-state index is 0.0117. The Labute approximate surface area is 147 Å². The fourth-order valence-electron chi connectivity index (χ4n) is 4.52. The third-order valence-corrected chi connectivity index (χ3v) is 5.91. The van der Waals surface area contributed by atoms with Gasteiger partial charge in [-0.3, -0.25) is 9.88 Å². The van der Waals surface area contributed by atoms with E-state index in [0.717, 1.165) is 36.8 Å². The SMILES string of the molecule is C=CC1CN2CCC1CC2C(O)c1c(O)cnc2ccc(OC)cc12. The van der Waals surface area contributed by atoms with E-state index in [4.69, 9.17) is 4.74 Å². The van der Waals surface area contributed by atoms with Crippen molar-refractivity contribution in [2.24, 2.45) is 11.8 Å². The van der Waals surface area contributed by atoms with Gasteiger partial charge in [0.15, 0.2) is 0 Å². The fraction of sp³-hybridized carbons (Fsp3) is 0.450. The first-order chi connectivity index (χ1) is 12.1. The van der Waals surface area contributed by atoms with E-state index in [1.54, 1.807) is 7.11 Å². The van der Waals surface area contributed by atoms with Crippen LogP contribution in [0.4, 0.5) is 0 Å². The molecule has 2 aromatic rings. The van der Waals surface area contributed by atoms with Crippen molar-refractivity contribution in [3.63, 3.8) is 0 Å². The molecule has 3 aliphatic heterocycles. The Morgan fingerprint density at radius 2 is 2.28 bits per heavy atom. The van der Waals surface area contributed by atoms with Crippen LogP contribution in [0.5, 0.6) is 11.5 Å². The van der Waals surface area contributed by atoms with Crippen LogP contribution in [0.2, 0.25) is 0 Å². The van der Waals surface area contributed by atoms with Crippen LogP contribution < -0.4 is 4.74 Å². The maximum absolute atomic E-state index is 11.2. The van der Waals surface area contributed by atoms with Crippen LogP contribution in [0.25, 0.3) is 10.9 Å². The van der Waals surface area contributed by atoms with Crippen molar-refractivity contribution in [3.8, 4) is 11.5 Å². The van der Waals surface area contributed by atoms with Crippen LogP contribution in [0.1, 0.15) is 24.5 Å². The number of aromatic nitrogens is 1. The van der Waals surface area contributed by atoms with Gasteiger partial charge in [0, 0.05) is 23.5 Å². The van der Waals surface area contributed by atoms with Gasteiger partial charge in [-0.15, -0.1) is 6.58 Å². The first kappa shape index (κ1) is 16.4. The van der Waals surface area contributed by atoms with Crippen LogP contribution in [0.3, 0.4) is 0 Å². The van der Waals surface area contributed by atoms with Crippen LogP contribution in [0, 0.1) is 11.8 Å². The van der Waals surface area contributed by atoms with E-state index in [1.807, 2.05) is 24.3 Å². The smallest absolute Gasteiger partial charge is 0.140 e. The Morgan fingerprint density at radius 1 is 1.44 bits per heavy atom. The molecule has 1 aromatic heterocycles. The minimum atomic E-state index is -0.758. The molecular weight excluding hydrogens is 316 g/mol. The highest BCUT2D eigenvalue weighted by molar-refractivity contribution is 5.85. The summed E-state index contributed by atoms with van der Waals surface area (Å²) < 4.78 is 5.31. The quantitative estimate of drug-likeness (QED) is 0.838. The van der Waals surface area contributed by atoms with Gasteiger partial charge in [0.2, 0.25) is 0 Å². The molecule has 0 radical (unpaired) electrons. The molecule has 2 N–H and O–H groups in total. The molecule has 0 aliphatic carbocycles. The molecular formula is C20H24N2O3. The summed E-state index contributed by atoms with van der Waals surface area (Å²) in [5, 5.41) is 22.4. The third-order valence-electron chi connectivity index (χ3n) is 5.91. The monoisotopic (exact) mass is 340 g/mol. The number of ether oxygens (including phenoxy) is 1. The van der Waals surface area contributed by atoms with E-state index in [-0.39, 0.29) is 11.8 Å². The van der Waals surface area contributed by atoms with Crippen molar-refractivity contribution in [3.05, 3.63) is 42.6 Å². The molecule has 1 aromatic carbocycles. The first-order valence-corrected chi connectivity index (χ1v) is 8.82. The molecule has 25 heavy (non-hydrogen) atoms. The highest BCUT2D eigenvalue weighted by Crippen LogP contribution is 2.44. The summed E-state index contributed by atoms with van der Waals surface area (Å²) in [4.78, 5) is 6.61. The normalized spacial score (nSPS) is 29.5. The number of aliphatic hydroxyl groups is 1. The molecule has 5 rings (SSSR count). The average molecular weight is 340 g/mol. The average Bonchev–Trinajstić information content (AvgIpc) is 2.67.